The van der Waals surface area contributed by atoms with Gasteiger partial charge in [0.1, 0.15) is 0 Å². The quantitative estimate of drug-likeness (QED) is 0.624. The lowest BCUT2D eigenvalue weighted by Crippen LogP contribution is -2.41. The first-order valence-electron chi connectivity index (χ1n) is 4.79. The molecule has 2 atom stereocenters. The van der Waals surface area contributed by atoms with Gasteiger partial charge < -0.3 is 10.4 Å². The fourth-order valence-corrected chi connectivity index (χ4v) is 2.02. The molecule has 0 heterocycles. The molecule has 2 saturated carbocycles. The van der Waals surface area contributed by atoms with E-state index in [4.69, 9.17) is 0 Å². The minimum absolute atomic E-state index is 0.0208. The van der Waals surface area contributed by atoms with Crippen LogP contribution in [0.2, 0.25) is 0 Å². The van der Waals surface area contributed by atoms with Crippen LogP contribution in [0.1, 0.15) is 38.5 Å². The van der Waals surface area contributed by atoms with Crippen LogP contribution in [0.25, 0.3) is 0 Å². The smallest absolute Gasteiger partial charge is 0.0555 e. The average Bonchev–Trinajstić information content (AvgIpc) is 2.27. The van der Waals surface area contributed by atoms with Crippen LogP contribution < -0.4 is 5.32 Å². The summed E-state index contributed by atoms with van der Waals surface area (Å²) in [4.78, 5) is 0. The number of aliphatic hydroxyl groups is 1. The summed E-state index contributed by atoms with van der Waals surface area (Å²) in [6.45, 7) is 0. The molecule has 2 nitrogen and oxygen atoms in total. The summed E-state index contributed by atoms with van der Waals surface area (Å²) in [6, 6.07) is 1.40. The summed E-state index contributed by atoms with van der Waals surface area (Å²) in [5, 5.41) is 12.8. The number of hydrogen-bond donors (Lipinski definition) is 2. The van der Waals surface area contributed by atoms with Crippen LogP contribution in [0.5, 0.6) is 0 Å². The van der Waals surface area contributed by atoms with E-state index in [9.17, 15) is 5.11 Å². The first-order chi connectivity index (χ1) is 5.34. The maximum absolute atomic E-state index is 9.26. The number of rotatable bonds is 2. The highest BCUT2D eigenvalue weighted by Crippen LogP contribution is 2.24. The van der Waals surface area contributed by atoms with Crippen molar-refractivity contribution in [1.82, 2.24) is 5.32 Å². The Morgan fingerprint density at radius 3 is 2.27 bits per heavy atom. The van der Waals surface area contributed by atoms with Gasteiger partial charge in [0, 0.05) is 12.1 Å². The van der Waals surface area contributed by atoms with Gasteiger partial charge in [0.25, 0.3) is 0 Å². The Labute approximate surface area is 68.0 Å². The van der Waals surface area contributed by atoms with E-state index in [1.54, 1.807) is 0 Å². The van der Waals surface area contributed by atoms with Gasteiger partial charge in [-0.2, -0.15) is 0 Å². The molecule has 0 saturated heterocycles. The van der Waals surface area contributed by atoms with Gasteiger partial charge in [0.05, 0.1) is 6.10 Å². The Bertz CT molecular complexity index is 134. The first-order valence-corrected chi connectivity index (χ1v) is 4.79. The molecule has 2 N–H and O–H groups in total. The summed E-state index contributed by atoms with van der Waals surface area (Å²) < 4.78 is 0. The van der Waals surface area contributed by atoms with Crippen molar-refractivity contribution in [1.29, 1.82) is 0 Å². The lowest BCUT2D eigenvalue weighted by Gasteiger charge is -2.29. The molecule has 0 amide bonds. The largest absolute Gasteiger partial charge is 0.393 e. The molecular formula is C9H17NO. The van der Waals surface area contributed by atoms with E-state index in [2.05, 4.69) is 5.32 Å². The van der Waals surface area contributed by atoms with Gasteiger partial charge in [0.2, 0.25) is 0 Å². The normalized spacial score (nSPS) is 39.0. The van der Waals surface area contributed by atoms with Crippen molar-refractivity contribution in [2.45, 2.75) is 56.7 Å². The van der Waals surface area contributed by atoms with E-state index in [0.29, 0.717) is 6.04 Å². The van der Waals surface area contributed by atoms with Crippen LogP contribution in [0.3, 0.4) is 0 Å². The minimum Gasteiger partial charge on any atom is -0.393 e. The molecule has 11 heavy (non-hydrogen) atoms. The molecule has 2 aliphatic rings. The molecule has 2 rings (SSSR count). The van der Waals surface area contributed by atoms with E-state index in [0.717, 1.165) is 18.9 Å². The van der Waals surface area contributed by atoms with Crippen LogP contribution in [0.4, 0.5) is 0 Å². The zero-order valence-corrected chi connectivity index (χ0v) is 6.92. The van der Waals surface area contributed by atoms with Gasteiger partial charge in [-0.1, -0.05) is 6.42 Å². The second kappa shape index (κ2) is 3.11. The van der Waals surface area contributed by atoms with E-state index in [1.165, 1.54) is 25.7 Å². The summed E-state index contributed by atoms with van der Waals surface area (Å²) in [6.07, 6.45) is 7.25. The van der Waals surface area contributed by atoms with Crippen molar-refractivity contribution in [2.24, 2.45) is 0 Å². The molecular weight excluding hydrogens is 138 g/mol. The summed E-state index contributed by atoms with van der Waals surface area (Å²) in [7, 11) is 0. The van der Waals surface area contributed by atoms with Crippen LogP contribution in [-0.2, 0) is 0 Å². The molecule has 0 aromatic carbocycles. The molecule has 0 aromatic heterocycles. The fourth-order valence-electron chi connectivity index (χ4n) is 2.02. The maximum atomic E-state index is 9.26. The number of nitrogens with one attached hydrogen (secondary N) is 1. The highest BCUT2D eigenvalue weighted by Gasteiger charge is 2.26. The topological polar surface area (TPSA) is 32.3 Å². The van der Waals surface area contributed by atoms with Crippen molar-refractivity contribution in [3.8, 4) is 0 Å². The van der Waals surface area contributed by atoms with E-state index in [1.807, 2.05) is 0 Å². The van der Waals surface area contributed by atoms with Crippen LogP contribution in [0, 0.1) is 0 Å². The summed E-state index contributed by atoms with van der Waals surface area (Å²) in [5.74, 6) is 0. The Kier molecular flexibility index (Phi) is 2.14. The molecule has 2 heteroatoms. The van der Waals surface area contributed by atoms with E-state index < -0.39 is 0 Å². The average molecular weight is 155 g/mol. The van der Waals surface area contributed by atoms with Crippen molar-refractivity contribution < 1.29 is 5.11 Å². The minimum atomic E-state index is -0.0208. The fraction of sp³-hybridized carbons (Fsp3) is 1.00. The SMILES string of the molecule is O[C@@H]1CC[C@H](NC2CCC2)C1. The van der Waals surface area contributed by atoms with Gasteiger partial charge in [-0.15, -0.1) is 0 Å². The first kappa shape index (κ1) is 7.56. The predicted molar refractivity (Wildman–Crippen MR) is 44.4 cm³/mol. The van der Waals surface area contributed by atoms with Crippen molar-refractivity contribution in [3.05, 3.63) is 0 Å². The van der Waals surface area contributed by atoms with Gasteiger partial charge >= 0.3 is 0 Å². The van der Waals surface area contributed by atoms with Crippen molar-refractivity contribution >= 4 is 0 Å². The summed E-state index contributed by atoms with van der Waals surface area (Å²) >= 11 is 0. The molecule has 0 bridgehead atoms. The third-order valence-corrected chi connectivity index (χ3v) is 2.98. The molecule has 2 fully saturated rings. The predicted octanol–water partition coefficient (Wildman–Crippen LogP) is 1.04. The lowest BCUT2D eigenvalue weighted by atomic mass is 9.92. The maximum Gasteiger partial charge on any atom is 0.0555 e. The van der Waals surface area contributed by atoms with Gasteiger partial charge in [0.15, 0.2) is 0 Å². The molecule has 0 radical (unpaired) electrons. The molecule has 0 unspecified atom stereocenters. The second-order valence-corrected chi connectivity index (χ2v) is 3.96. The highest BCUT2D eigenvalue weighted by molar-refractivity contribution is 4.86. The monoisotopic (exact) mass is 155 g/mol. The molecule has 0 aliphatic heterocycles. The zero-order valence-electron chi connectivity index (χ0n) is 6.92. The van der Waals surface area contributed by atoms with Crippen LogP contribution in [0.15, 0.2) is 0 Å². The van der Waals surface area contributed by atoms with Crippen LogP contribution in [-0.4, -0.2) is 23.3 Å². The Morgan fingerprint density at radius 2 is 1.82 bits per heavy atom. The zero-order chi connectivity index (χ0) is 7.68. The Hall–Kier alpha value is -0.0800. The molecule has 64 valence electrons. The van der Waals surface area contributed by atoms with Crippen molar-refractivity contribution in [3.63, 3.8) is 0 Å². The Balaban J connectivity index is 1.70. The highest BCUT2D eigenvalue weighted by atomic mass is 16.3. The molecule has 0 spiro atoms. The Morgan fingerprint density at radius 1 is 1.00 bits per heavy atom. The lowest BCUT2D eigenvalue weighted by molar-refractivity contribution is 0.176. The third-order valence-electron chi connectivity index (χ3n) is 2.98. The number of hydrogen-bond acceptors (Lipinski definition) is 2. The molecule has 0 aromatic rings. The van der Waals surface area contributed by atoms with Crippen molar-refractivity contribution in [2.75, 3.05) is 0 Å². The third kappa shape index (κ3) is 1.74. The summed E-state index contributed by atoms with van der Waals surface area (Å²) in [5.41, 5.74) is 0. The van der Waals surface area contributed by atoms with Crippen LogP contribution >= 0.6 is 0 Å². The standard InChI is InChI=1S/C9H17NO/c11-9-5-4-8(6-9)10-7-2-1-3-7/h7-11H,1-6H2/t8-,9+/m0/s1. The van der Waals surface area contributed by atoms with Gasteiger partial charge in [-0.3, -0.25) is 0 Å². The molecule has 2 aliphatic carbocycles. The number of aliphatic hydroxyl groups excluding tert-OH is 1. The van der Waals surface area contributed by atoms with Gasteiger partial charge in [-0.25, -0.2) is 0 Å². The van der Waals surface area contributed by atoms with E-state index in [-0.39, 0.29) is 6.10 Å². The van der Waals surface area contributed by atoms with Gasteiger partial charge in [-0.05, 0) is 32.1 Å². The second-order valence-electron chi connectivity index (χ2n) is 3.96. The van der Waals surface area contributed by atoms with E-state index >= 15 is 0 Å².